The first-order chi connectivity index (χ1) is 10.1. The summed E-state index contributed by atoms with van der Waals surface area (Å²) in [6.07, 6.45) is 3.20. The molecule has 7 nitrogen and oxygen atoms in total. The number of nitrogens with zero attached hydrogens (tertiary/aromatic N) is 1. The van der Waals surface area contributed by atoms with Gasteiger partial charge in [0.1, 0.15) is 12.4 Å². The number of hydrogen-bond donors (Lipinski definition) is 2. The van der Waals surface area contributed by atoms with Crippen LogP contribution in [0, 0.1) is 0 Å². The van der Waals surface area contributed by atoms with Gasteiger partial charge in [-0.05, 0) is 24.3 Å². The molecule has 114 valence electrons. The van der Waals surface area contributed by atoms with Crippen LogP contribution in [0.1, 0.15) is 5.56 Å². The Bertz CT molecular complexity index is 639. The predicted octanol–water partition coefficient (Wildman–Crippen LogP) is 0.913. The summed E-state index contributed by atoms with van der Waals surface area (Å²) in [6, 6.07) is 6.23. The second-order valence-electron chi connectivity index (χ2n) is 4.24. The van der Waals surface area contributed by atoms with Crippen molar-refractivity contribution in [2.24, 2.45) is 0 Å². The molecule has 2 rings (SSSR count). The van der Waals surface area contributed by atoms with Crippen molar-refractivity contribution in [2.45, 2.75) is 11.4 Å². The third-order valence-electron chi connectivity index (χ3n) is 2.71. The normalized spacial score (nSPS) is 11.5. The van der Waals surface area contributed by atoms with Crippen molar-refractivity contribution in [3.63, 3.8) is 0 Å². The molecule has 0 aliphatic rings. The van der Waals surface area contributed by atoms with E-state index in [1.165, 1.54) is 12.1 Å². The second kappa shape index (κ2) is 7.21. The van der Waals surface area contributed by atoms with Gasteiger partial charge in [0.25, 0.3) is 0 Å². The summed E-state index contributed by atoms with van der Waals surface area (Å²) in [7, 11) is -1.96. The summed E-state index contributed by atoms with van der Waals surface area (Å²) in [5.41, 5.74) is 0.762. The Kier molecular flexibility index (Phi) is 5.32. The molecule has 0 spiro atoms. The topological polar surface area (TPSA) is 93.3 Å². The first kappa shape index (κ1) is 15.5. The molecule has 0 saturated heterocycles. The molecule has 0 bridgehead atoms. The zero-order chi connectivity index (χ0) is 15.1. The van der Waals surface area contributed by atoms with Gasteiger partial charge in [-0.2, -0.15) is 5.10 Å². The molecule has 1 heterocycles. The highest BCUT2D eigenvalue weighted by Crippen LogP contribution is 2.16. The number of aromatic amines is 1. The largest absolute Gasteiger partial charge is 0.491 e. The maximum atomic E-state index is 12.1. The Labute approximate surface area is 123 Å². The van der Waals surface area contributed by atoms with Gasteiger partial charge < -0.3 is 9.47 Å². The Hall–Kier alpha value is -1.90. The van der Waals surface area contributed by atoms with E-state index in [1.54, 1.807) is 31.6 Å². The van der Waals surface area contributed by atoms with Gasteiger partial charge in [-0.1, -0.05) is 0 Å². The zero-order valence-corrected chi connectivity index (χ0v) is 12.4. The van der Waals surface area contributed by atoms with Crippen molar-refractivity contribution >= 4 is 10.0 Å². The Morgan fingerprint density at radius 3 is 2.62 bits per heavy atom. The number of hydrogen-bond acceptors (Lipinski definition) is 5. The van der Waals surface area contributed by atoms with Crippen LogP contribution in [0.5, 0.6) is 5.75 Å². The maximum Gasteiger partial charge on any atom is 0.240 e. The molecular weight excluding hydrogens is 294 g/mol. The second-order valence-corrected chi connectivity index (χ2v) is 6.01. The first-order valence-corrected chi connectivity index (χ1v) is 7.79. The highest BCUT2D eigenvalue weighted by molar-refractivity contribution is 7.89. The lowest BCUT2D eigenvalue weighted by Gasteiger charge is -2.08. The van der Waals surface area contributed by atoms with E-state index in [-0.39, 0.29) is 11.4 Å². The monoisotopic (exact) mass is 311 g/mol. The third-order valence-corrected chi connectivity index (χ3v) is 4.13. The van der Waals surface area contributed by atoms with E-state index < -0.39 is 10.0 Å². The van der Waals surface area contributed by atoms with E-state index in [1.807, 2.05) is 0 Å². The van der Waals surface area contributed by atoms with Crippen LogP contribution in [-0.2, 0) is 21.3 Å². The molecule has 2 aromatic rings. The summed E-state index contributed by atoms with van der Waals surface area (Å²) in [6.45, 7) is 1.08. The molecule has 0 radical (unpaired) electrons. The van der Waals surface area contributed by atoms with Crippen molar-refractivity contribution < 1.29 is 17.9 Å². The van der Waals surface area contributed by atoms with Gasteiger partial charge in [-0.25, -0.2) is 13.1 Å². The van der Waals surface area contributed by atoms with E-state index in [0.717, 1.165) is 5.56 Å². The van der Waals surface area contributed by atoms with Crippen molar-refractivity contribution in [3.8, 4) is 5.75 Å². The van der Waals surface area contributed by atoms with Crippen LogP contribution in [0.25, 0.3) is 0 Å². The van der Waals surface area contributed by atoms with Gasteiger partial charge in [0.05, 0.1) is 17.7 Å². The molecule has 0 aliphatic heterocycles. The average molecular weight is 311 g/mol. The number of sulfonamides is 1. The number of methoxy groups -OCH3 is 1. The predicted molar refractivity (Wildman–Crippen MR) is 76.4 cm³/mol. The smallest absolute Gasteiger partial charge is 0.240 e. The average Bonchev–Trinajstić information content (AvgIpc) is 3.00. The first-order valence-electron chi connectivity index (χ1n) is 6.31. The number of benzene rings is 1. The molecule has 0 aliphatic carbocycles. The van der Waals surface area contributed by atoms with E-state index in [0.29, 0.717) is 19.0 Å². The molecule has 0 fully saturated rings. The van der Waals surface area contributed by atoms with E-state index in [4.69, 9.17) is 9.47 Å². The highest BCUT2D eigenvalue weighted by atomic mass is 32.2. The lowest BCUT2D eigenvalue weighted by Crippen LogP contribution is -2.23. The van der Waals surface area contributed by atoms with Gasteiger partial charge in [-0.3, -0.25) is 5.10 Å². The van der Waals surface area contributed by atoms with E-state index in [9.17, 15) is 8.42 Å². The molecule has 0 unspecified atom stereocenters. The van der Waals surface area contributed by atoms with Crippen molar-refractivity contribution in [1.82, 2.24) is 14.9 Å². The fourth-order valence-corrected chi connectivity index (χ4v) is 2.61. The van der Waals surface area contributed by atoms with Gasteiger partial charge in [0.2, 0.25) is 10.0 Å². The lowest BCUT2D eigenvalue weighted by atomic mass is 10.3. The zero-order valence-electron chi connectivity index (χ0n) is 11.6. The van der Waals surface area contributed by atoms with Crippen LogP contribution in [0.2, 0.25) is 0 Å². The van der Waals surface area contributed by atoms with Gasteiger partial charge in [0.15, 0.2) is 0 Å². The van der Waals surface area contributed by atoms with Crippen LogP contribution in [0.4, 0.5) is 0 Å². The van der Waals surface area contributed by atoms with Gasteiger partial charge in [-0.15, -0.1) is 0 Å². The summed E-state index contributed by atoms with van der Waals surface area (Å²) in [4.78, 5) is 0.185. The maximum absolute atomic E-state index is 12.1. The van der Waals surface area contributed by atoms with Crippen LogP contribution in [0.15, 0.2) is 41.6 Å². The molecule has 0 atom stereocenters. The summed E-state index contributed by atoms with van der Waals surface area (Å²) in [5, 5.41) is 6.38. The van der Waals surface area contributed by atoms with E-state index >= 15 is 0 Å². The fourth-order valence-electron chi connectivity index (χ4n) is 1.59. The van der Waals surface area contributed by atoms with Crippen LogP contribution < -0.4 is 9.46 Å². The van der Waals surface area contributed by atoms with Crippen LogP contribution in [0.3, 0.4) is 0 Å². The SMILES string of the molecule is COCCOc1ccc(S(=O)(=O)NCc2cn[nH]c2)cc1. The summed E-state index contributed by atoms with van der Waals surface area (Å²) in [5.74, 6) is 0.598. The van der Waals surface area contributed by atoms with Gasteiger partial charge in [0, 0.05) is 25.4 Å². The molecule has 1 aromatic heterocycles. The fraction of sp³-hybridized carbons (Fsp3) is 0.308. The number of ether oxygens (including phenoxy) is 2. The summed E-state index contributed by atoms with van der Waals surface area (Å²) >= 11 is 0. The third kappa shape index (κ3) is 4.55. The quantitative estimate of drug-likeness (QED) is 0.707. The Morgan fingerprint density at radius 1 is 1.24 bits per heavy atom. The lowest BCUT2D eigenvalue weighted by molar-refractivity contribution is 0.146. The Balaban J connectivity index is 1.96. The number of aromatic nitrogens is 2. The number of nitrogens with one attached hydrogen (secondary N) is 2. The van der Waals surface area contributed by atoms with Crippen LogP contribution >= 0.6 is 0 Å². The molecule has 0 amide bonds. The number of H-pyrrole nitrogens is 1. The van der Waals surface area contributed by atoms with Crippen LogP contribution in [-0.4, -0.2) is 38.9 Å². The highest BCUT2D eigenvalue weighted by Gasteiger charge is 2.13. The molecule has 2 N–H and O–H groups in total. The molecular formula is C13H17N3O4S. The number of rotatable bonds is 8. The molecule has 8 heteroatoms. The standard InChI is InChI=1S/C13H17N3O4S/c1-19-6-7-20-12-2-4-13(5-3-12)21(17,18)16-10-11-8-14-15-9-11/h2-5,8-9,16H,6-7,10H2,1H3,(H,14,15). The van der Waals surface area contributed by atoms with E-state index in [2.05, 4.69) is 14.9 Å². The van der Waals surface area contributed by atoms with Crippen molar-refractivity contribution in [1.29, 1.82) is 0 Å². The minimum absolute atomic E-state index is 0.185. The molecule has 1 aromatic carbocycles. The summed E-state index contributed by atoms with van der Waals surface area (Å²) < 4.78 is 36.9. The van der Waals surface area contributed by atoms with Gasteiger partial charge >= 0.3 is 0 Å². The molecule has 0 saturated carbocycles. The van der Waals surface area contributed by atoms with Crippen molar-refractivity contribution in [2.75, 3.05) is 20.3 Å². The minimum Gasteiger partial charge on any atom is -0.491 e. The molecule has 21 heavy (non-hydrogen) atoms. The van der Waals surface area contributed by atoms with Crippen molar-refractivity contribution in [3.05, 3.63) is 42.2 Å². The Morgan fingerprint density at radius 2 is 2.00 bits per heavy atom. The minimum atomic E-state index is -3.55.